The molecule has 1 N–H and O–H groups in total. The lowest BCUT2D eigenvalue weighted by molar-refractivity contribution is 0.262. The van der Waals surface area contributed by atoms with Gasteiger partial charge in [0.15, 0.2) is 0 Å². The lowest BCUT2D eigenvalue weighted by atomic mass is 10.00. The van der Waals surface area contributed by atoms with Crippen LogP contribution in [-0.2, 0) is 10.0 Å². The van der Waals surface area contributed by atoms with E-state index in [2.05, 4.69) is 5.32 Å². The van der Waals surface area contributed by atoms with Gasteiger partial charge in [0, 0.05) is 19.2 Å². The zero-order valence-corrected chi connectivity index (χ0v) is 13.0. The van der Waals surface area contributed by atoms with Gasteiger partial charge in [0.1, 0.15) is 16.5 Å². The van der Waals surface area contributed by atoms with Crippen LogP contribution in [0.3, 0.4) is 0 Å². The van der Waals surface area contributed by atoms with Crippen LogP contribution in [-0.4, -0.2) is 39.4 Å². The maximum Gasteiger partial charge on any atom is 0.246 e. The molecule has 21 heavy (non-hydrogen) atoms. The summed E-state index contributed by atoms with van der Waals surface area (Å²) in [5, 5.41) is 3.03. The minimum absolute atomic E-state index is 0.124. The highest BCUT2D eigenvalue weighted by Crippen LogP contribution is 2.26. The molecule has 118 valence electrons. The van der Waals surface area contributed by atoms with Crippen LogP contribution in [0.5, 0.6) is 0 Å². The van der Waals surface area contributed by atoms with Gasteiger partial charge in [-0.3, -0.25) is 0 Å². The van der Waals surface area contributed by atoms with Gasteiger partial charge in [0.2, 0.25) is 10.0 Å². The molecule has 1 heterocycles. The average Bonchev–Trinajstić information content (AvgIpc) is 2.43. The first kappa shape index (κ1) is 16.3. The Morgan fingerprint density at radius 2 is 2.05 bits per heavy atom. The van der Waals surface area contributed by atoms with E-state index in [0.29, 0.717) is 19.2 Å². The Hall–Kier alpha value is -1.05. The van der Waals surface area contributed by atoms with Gasteiger partial charge in [-0.05, 0) is 50.9 Å². The minimum Gasteiger partial charge on any atom is -0.319 e. The Balaban J connectivity index is 2.31. The zero-order chi connectivity index (χ0) is 15.6. The van der Waals surface area contributed by atoms with Crippen LogP contribution >= 0.6 is 0 Å². The molecule has 1 saturated heterocycles. The number of piperidine rings is 1. The molecule has 0 aromatic heterocycles. The summed E-state index contributed by atoms with van der Waals surface area (Å²) in [5.74, 6) is -1.56. The van der Waals surface area contributed by atoms with E-state index in [9.17, 15) is 17.2 Å². The second kappa shape index (κ2) is 6.37. The number of nitrogens with one attached hydrogen (secondary N) is 1. The van der Waals surface area contributed by atoms with E-state index in [-0.39, 0.29) is 11.5 Å². The van der Waals surface area contributed by atoms with Gasteiger partial charge in [-0.25, -0.2) is 17.2 Å². The molecule has 1 aromatic carbocycles. The zero-order valence-electron chi connectivity index (χ0n) is 12.2. The molecule has 4 nitrogen and oxygen atoms in total. The van der Waals surface area contributed by atoms with Gasteiger partial charge >= 0.3 is 0 Å². The molecule has 0 saturated carbocycles. The summed E-state index contributed by atoms with van der Waals surface area (Å²) < 4.78 is 53.6. The summed E-state index contributed by atoms with van der Waals surface area (Å²) in [6.45, 7) is 2.88. The number of benzene rings is 1. The molecule has 0 radical (unpaired) electrons. The molecule has 0 spiro atoms. The Labute approximate surface area is 124 Å². The van der Waals surface area contributed by atoms with E-state index in [0.717, 1.165) is 25.5 Å². The number of halogens is 2. The van der Waals surface area contributed by atoms with Crippen LogP contribution in [0.25, 0.3) is 0 Å². The third kappa shape index (κ3) is 3.41. The maximum atomic E-state index is 13.9. The maximum absolute atomic E-state index is 13.9. The van der Waals surface area contributed by atoms with Gasteiger partial charge in [0.25, 0.3) is 0 Å². The fourth-order valence-electron chi connectivity index (χ4n) is 2.67. The molecular formula is C14H20F2N2O2S. The van der Waals surface area contributed by atoms with Gasteiger partial charge in [-0.1, -0.05) is 0 Å². The van der Waals surface area contributed by atoms with Crippen LogP contribution in [0, 0.1) is 24.5 Å². The van der Waals surface area contributed by atoms with Crippen molar-refractivity contribution in [2.24, 2.45) is 5.92 Å². The second-order valence-electron chi connectivity index (χ2n) is 5.46. The Morgan fingerprint density at radius 3 is 2.71 bits per heavy atom. The highest BCUT2D eigenvalue weighted by molar-refractivity contribution is 7.89. The van der Waals surface area contributed by atoms with Gasteiger partial charge in [-0.15, -0.1) is 0 Å². The largest absolute Gasteiger partial charge is 0.319 e. The molecule has 0 amide bonds. The van der Waals surface area contributed by atoms with E-state index in [1.165, 1.54) is 11.2 Å². The van der Waals surface area contributed by atoms with E-state index < -0.39 is 26.6 Å². The van der Waals surface area contributed by atoms with Crippen molar-refractivity contribution in [1.82, 2.24) is 9.62 Å². The van der Waals surface area contributed by atoms with Crippen LogP contribution in [0.15, 0.2) is 17.0 Å². The smallest absolute Gasteiger partial charge is 0.246 e. The summed E-state index contributed by atoms with van der Waals surface area (Å²) in [4.78, 5) is -0.438. The molecular weight excluding hydrogens is 298 g/mol. The van der Waals surface area contributed by atoms with E-state index in [4.69, 9.17) is 0 Å². The first-order chi connectivity index (χ1) is 9.86. The highest BCUT2D eigenvalue weighted by Gasteiger charge is 2.32. The van der Waals surface area contributed by atoms with Crippen LogP contribution in [0.4, 0.5) is 8.78 Å². The third-order valence-corrected chi connectivity index (χ3v) is 5.69. The summed E-state index contributed by atoms with van der Waals surface area (Å²) in [6, 6.07) is 1.71. The summed E-state index contributed by atoms with van der Waals surface area (Å²) in [6.07, 6.45) is 1.69. The van der Waals surface area contributed by atoms with Crippen molar-refractivity contribution >= 4 is 10.0 Å². The predicted molar refractivity (Wildman–Crippen MR) is 76.5 cm³/mol. The molecule has 2 rings (SSSR count). The average molecular weight is 318 g/mol. The fourth-order valence-corrected chi connectivity index (χ4v) is 4.35. The van der Waals surface area contributed by atoms with Crippen LogP contribution in [0.1, 0.15) is 18.4 Å². The SMILES string of the molecule is CNC[C@H]1CCCN(S(=O)(=O)c2cc(C)c(F)cc2F)C1. The number of nitrogens with zero attached hydrogens (tertiary/aromatic N) is 1. The lowest BCUT2D eigenvalue weighted by Crippen LogP contribution is -2.42. The molecule has 0 unspecified atom stereocenters. The first-order valence-corrected chi connectivity index (χ1v) is 8.40. The Morgan fingerprint density at radius 1 is 1.33 bits per heavy atom. The Bertz CT molecular complexity index is 618. The van der Waals surface area contributed by atoms with Gasteiger partial charge < -0.3 is 5.32 Å². The minimum atomic E-state index is -3.92. The van der Waals surface area contributed by atoms with Crippen molar-refractivity contribution in [3.63, 3.8) is 0 Å². The summed E-state index contributed by atoms with van der Waals surface area (Å²) in [7, 11) is -2.10. The lowest BCUT2D eigenvalue weighted by Gasteiger charge is -2.32. The number of sulfonamides is 1. The van der Waals surface area contributed by atoms with Gasteiger partial charge in [-0.2, -0.15) is 4.31 Å². The monoisotopic (exact) mass is 318 g/mol. The molecule has 0 aliphatic carbocycles. The molecule has 1 atom stereocenters. The van der Waals surface area contributed by atoms with Crippen LogP contribution < -0.4 is 5.32 Å². The standard InChI is InChI=1S/C14H20F2N2O2S/c1-10-6-14(13(16)7-12(10)15)21(19,20)18-5-3-4-11(9-18)8-17-2/h6-7,11,17H,3-5,8-9H2,1-2H3/t11-/m1/s1. The van der Waals surface area contributed by atoms with Gasteiger partial charge in [0.05, 0.1) is 0 Å². The number of aryl methyl sites for hydroxylation is 1. The predicted octanol–water partition coefficient (Wildman–Crippen LogP) is 1.89. The molecule has 1 aliphatic heterocycles. The van der Waals surface area contributed by atoms with Crippen molar-refractivity contribution < 1.29 is 17.2 Å². The van der Waals surface area contributed by atoms with E-state index >= 15 is 0 Å². The van der Waals surface area contributed by atoms with E-state index in [1.807, 2.05) is 7.05 Å². The van der Waals surface area contributed by atoms with E-state index in [1.54, 1.807) is 0 Å². The second-order valence-corrected chi connectivity index (χ2v) is 7.37. The molecule has 1 aliphatic rings. The normalized spacial score (nSPS) is 20.7. The number of hydrogen-bond donors (Lipinski definition) is 1. The molecule has 7 heteroatoms. The molecule has 1 fully saturated rings. The number of hydrogen-bond acceptors (Lipinski definition) is 3. The van der Waals surface area contributed by atoms with Crippen molar-refractivity contribution in [2.45, 2.75) is 24.7 Å². The van der Waals surface area contributed by atoms with Crippen molar-refractivity contribution in [3.05, 3.63) is 29.3 Å². The first-order valence-electron chi connectivity index (χ1n) is 6.96. The van der Waals surface area contributed by atoms with Crippen molar-refractivity contribution in [2.75, 3.05) is 26.7 Å². The molecule has 0 bridgehead atoms. The Kier molecular flexibility index (Phi) is 4.95. The van der Waals surface area contributed by atoms with Crippen molar-refractivity contribution in [3.8, 4) is 0 Å². The summed E-state index contributed by atoms with van der Waals surface area (Å²) in [5.41, 5.74) is 0.124. The topological polar surface area (TPSA) is 49.4 Å². The summed E-state index contributed by atoms with van der Waals surface area (Å²) >= 11 is 0. The van der Waals surface area contributed by atoms with Crippen LogP contribution in [0.2, 0.25) is 0 Å². The quantitative estimate of drug-likeness (QED) is 0.922. The number of rotatable bonds is 4. The fraction of sp³-hybridized carbons (Fsp3) is 0.571. The van der Waals surface area contributed by atoms with Crippen molar-refractivity contribution in [1.29, 1.82) is 0 Å². The highest BCUT2D eigenvalue weighted by atomic mass is 32.2. The molecule has 1 aromatic rings. The third-order valence-electron chi connectivity index (χ3n) is 3.81.